The molecule has 8 nitrogen and oxygen atoms in total. The molecule has 2 rings (SSSR count). The average Bonchev–Trinajstić information content (AvgIpc) is 3.03. The monoisotopic (exact) mass is 298 g/mol. The number of aromatic nitrogens is 4. The van der Waals surface area contributed by atoms with Crippen molar-refractivity contribution in [2.45, 2.75) is 31.8 Å². The predicted octanol–water partition coefficient (Wildman–Crippen LogP) is 0.0292. The smallest absolute Gasteiger partial charge is 0.244 e. The van der Waals surface area contributed by atoms with Gasteiger partial charge in [0.05, 0.1) is 24.3 Å². The quantitative estimate of drug-likeness (QED) is 0.575. The molecular weight excluding hydrogens is 280 g/mol. The number of H-pyrrole nitrogens is 2. The molecule has 20 heavy (non-hydrogen) atoms. The number of aryl methyl sites for hydroxylation is 1. The van der Waals surface area contributed by atoms with Crippen molar-refractivity contribution in [3.8, 4) is 0 Å². The highest BCUT2D eigenvalue weighted by atomic mass is 32.2. The Balaban J connectivity index is 2.18. The lowest BCUT2D eigenvalue weighted by Crippen LogP contribution is -2.25. The molecule has 2 aromatic rings. The lowest BCUT2D eigenvalue weighted by atomic mass is 10.3. The predicted molar refractivity (Wildman–Crippen MR) is 73.3 cm³/mol. The number of nitrogens with one attached hydrogen (secondary N) is 4. The van der Waals surface area contributed by atoms with E-state index in [-0.39, 0.29) is 11.4 Å². The van der Waals surface area contributed by atoms with Gasteiger partial charge in [-0.05, 0) is 13.5 Å². The molecule has 0 spiro atoms. The van der Waals surface area contributed by atoms with Crippen LogP contribution in [0.15, 0.2) is 17.4 Å². The highest BCUT2D eigenvalue weighted by Gasteiger charge is 2.23. The maximum Gasteiger partial charge on any atom is 0.244 e. The van der Waals surface area contributed by atoms with Gasteiger partial charge in [0.25, 0.3) is 0 Å². The molecule has 0 atom stereocenters. The fourth-order valence-electron chi connectivity index (χ4n) is 1.82. The zero-order valence-electron chi connectivity index (χ0n) is 11.4. The van der Waals surface area contributed by atoms with Crippen LogP contribution < -0.4 is 10.0 Å². The zero-order valence-corrected chi connectivity index (χ0v) is 12.2. The van der Waals surface area contributed by atoms with Gasteiger partial charge < -0.3 is 10.3 Å². The Kier molecular flexibility index (Phi) is 4.53. The molecule has 0 bridgehead atoms. The Bertz CT molecular complexity index is 647. The summed E-state index contributed by atoms with van der Waals surface area (Å²) < 4.78 is 27.3. The van der Waals surface area contributed by atoms with Crippen LogP contribution >= 0.6 is 0 Å². The average molecular weight is 298 g/mol. The first-order valence-electron chi connectivity index (χ1n) is 6.26. The van der Waals surface area contributed by atoms with E-state index in [9.17, 15) is 8.42 Å². The van der Waals surface area contributed by atoms with E-state index in [0.717, 1.165) is 6.54 Å². The van der Waals surface area contributed by atoms with E-state index in [1.54, 1.807) is 13.1 Å². The van der Waals surface area contributed by atoms with Gasteiger partial charge in [0.2, 0.25) is 10.0 Å². The lowest BCUT2D eigenvalue weighted by molar-refractivity contribution is 0.577. The van der Waals surface area contributed by atoms with Crippen molar-refractivity contribution >= 4 is 10.0 Å². The van der Waals surface area contributed by atoms with Crippen LogP contribution in [0.1, 0.15) is 24.0 Å². The molecule has 0 radical (unpaired) electrons. The third-order valence-corrected chi connectivity index (χ3v) is 4.38. The second-order valence-electron chi connectivity index (χ2n) is 4.31. The Labute approximate surface area is 117 Å². The number of sulfonamides is 1. The molecule has 0 aliphatic heterocycles. The van der Waals surface area contributed by atoms with E-state index in [4.69, 9.17) is 0 Å². The van der Waals surface area contributed by atoms with Crippen LogP contribution in [-0.4, -0.2) is 35.1 Å². The normalized spacial score (nSPS) is 11.9. The minimum atomic E-state index is -3.62. The lowest BCUT2D eigenvalue weighted by Gasteiger charge is -2.07. The summed E-state index contributed by atoms with van der Waals surface area (Å²) in [5, 5.41) is 9.82. The zero-order chi connectivity index (χ0) is 14.6. The third kappa shape index (κ3) is 3.24. The number of aromatic amines is 2. The molecule has 0 amide bonds. The van der Waals surface area contributed by atoms with Crippen molar-refractivity contribution in [1.82, 2.24) is 30.2 Å². The van der Waals surface area contributed by atoms with Crippen molar-refractivity contribution in [2.75, 3.05) is 6.54 Å². The Morgan fingerprint density at radius 3 is 2.80 bits per heavy atom. The minimum Gasteiger partial charge on any atom is -0.347 e. The maximum atomic E-state index is 12.4. The van der Waals surface area contributed by atoms with Crippen LogP contribution in [0.2, 0.25) is 0 Å². The molecular formula is C11H18N6O2S. The van der Waals surface area contributed by atoms with Gasteiger partial charge in [-0.2, -0.15) is 5.10 Å². The summed E-state index contributed by atoms with van der Waals surface area (Å²) >= 11 is 0. The van der Waals surface area contributed by atoms with Crippen LogP contribution in [-0.2, 0) is 23.1 Å². The van der Waals surface area contributed by atoms with Gasteiger partial charge in [-0.25, -0.2) is 18.1 Å². The number of imidazole rings is 1. The number of nitrogens with zero attached hydrogens (tertiary/aromatic N) is 2. The number of hydrogen-bond acceptors (Lipinski definition) is 5. The number of hydrogen-bond donors (Lipinski definition) is 4. The molecule has 4 N–H and O–H groups in total. The summed E-state index contributed by atoms with van der Waals surface area (Å²) in [7, 11) is -3.62. The standard InChI is InChI=1S/C11H18N6O2S/c1-3-12-6-10-11(8(2)16-17-10)20(18,19)15-5-9-4-13-7-14-9/h4,7,12,15H,3,5-6H2,1-2H3,(H,13,14)(H,16,17). The Hall–Kier alpha value is -1.71. The molecule has 0 aliphatic rings. The van der Waals surface area contributed by atoms with Gasteiger partial charge in [-0.3, -0.25) is 5.10 Å². The van der Waals surface area contributed by atoms with Gasteiger partial charge in [0.1, 0.15) is 4.90 Å². The SMILES string of the molecule is CCNCc1n[nH]c(C)c1S(=O)(=O)NCc1cnc[nH]1. The van der Waals surface area contributed by atoms with Gasteiger partial charge in [-0.15, -0.1) is 0 Å². The summed E-state index contributed by atoms with van der Waals surface area (Å²) in [6.07, 6.45) is 3.08. The summed E-state index contributed by atoms with van der Waals surface area (Å²) in [5.41, 5.74) is 1.71. The van der Waals surface area contributed by atoms with Crippen LogP contribution in [0.25, 0.3) is 0 Å². The minimum absolute atomic E-state index is 0.160. The first-order chi connectivity index (χ1) is 9.54. The summed E-state index contributed by atoms with van der Waals surface area (Å²) in [6.45, 7) is 4.94. The van der Waals surface area contributed by atoms with E-state index < -0.39 is 10.0 Å². The molecule has 0 unspecified atom stereocenters. The molecule has 0 aromatic carbocycles. The van der Waals surface area contributed by atoms with Crippen LogP contribution in [0.4, 0.5) is 0 Å². The fourth-order valence-corrected chi connectivity index (χ4v) is 3.18. The van der Waals surface area contributed by atoms with Gasteiger partial charge in [0, 0.05) is 18.4 Å². The summed E-state index contributed by atoms with van der Waals surface area (Å²) in [4.78, 5) is 6.89. The van der Waals surface area contributed by atoms with Gasteiger partial charge in [-0.1, -0.05) is 6.92 Å². The van der Waals surface area contributed by atoms with E-state index >= 15 is 0 Å². The van der Waals surface area contributed by atoms with Gasteiger partial charge >= 0.3 is 0 Å². The van der Waals surface area contributed by atoms with E-state index in [1.807, 2.05) is 6.92 Å². The molecule has 9 heteroatoms. The molecule has 2 heterocycles. The van der Waals surface area contributed by atoms with E-state index in [0.29, 0.717) is 23.6 Å². The van der Waals surface area contributed by atoms with Crippen molar-refractivity contribution in [2.24, 2.45) is 0 Å². The van der Waals surface area contributed by atoms with Crippen LogP contribution in [0.3, 0.4) is 0 Å². The molecule has 2 aromatic heterocycles. The van der Waals surface area contributed by atoms with Crippen molar-refractivity contribution in [3.63, 3.8) is 0 Å². The highest BCUT2D eigenvalue weighted by molar-refractivity contribution is 7.89. The first kappa shape index (κ1) is 14.7. The fraction of sp³-hybridized carbons (Fsp3) is 0.455. The van der Waals surface area contributed by atoms with E-state index in [1.165, 1.54) is 6.33 Å². The Morgan fingerprint density at radius 1 is 1.35 bits per heavy atom. The second-order valence-corrected chi connectivity index (χ2v) is 6.01. The first-order valence-corrected chi connectivity index (χ1v) is 7.74. The van der Waals surface area contributed by atoms with Crippen molar-refractivity contribution < 1.29 is 8.42 Å². The maximum absolute atomic E-state index is 12.4. The third-order valence-electron chi connectivity index (χ3n) is 2.78. The number of rotatable bonds is 7. The van der Waals surface area contributed by atoms with Gasteiger partial charge in [0.15, 0.2) is 0 Å². The largest absolute Gasteiger partial charge is 0.347 e. The molecule has 0 fully saturated rings. The van der Waals surface area contributed by atoms with Crippen molar-refractivity contribution in [3.05, 3.63) is 29.6 Å². The highest BCUT2D eigenvalue weighted by Crippen LogP contribution is 2.17. The van der Waals surface area contributed by atoms with E-state index in [2.05, 4.69) is 30.2 Å². The molecule has 0 saturated heterocycles. The summed E-state index contributed by atoms with van der Waals surface area (Å²) in [6, 6.07) is 0. The second kappa shape index (κ2) is 6.16. The topological polar surface area (TPSA) is 116 Å². The van der Waals surface area contributed by atoms with Crippen LogP contribution in [0.5, 0.6) is 0 Å². The molecule has 0 saturated carbocycles. The molecule has 110 valence electrons. The Morgan fingerprint density at radius 2 is 2.15 bits per heavy atom. The van der Waals surface area contributed by atoms with Crippen LogP contribution in [0, 0.1) is 6.92 Å². The van der Waals surface area contributed by atoms with Crippen molar-refractivity contribution in [1.29, 1.82) is 0 Å². The molecule has 0 aliphatic carbocycles. The summed E-state index contributed by atoms with van der Waals surface area (Å²) in [5.74, 6) is 0.